The minimum atomic E-state index is -0.187. The largest absolute Gasteiger partial charge is 0.336 e. The lowest BCUT2D eigenvalue weighted by Gasteiger charge is -2.23. The average molecular weight is 354 g/mol. The molecule has 0 bridgehead atoms. The van der Waals surface area contributed by atoms with Crippen LogP contribution in [-0.4, -0.2) is 33.9 Å². The molecule has 3 rings (SSSR count). The van der Waals surface area contributed by atoms with Crippen molar-refractivity contribution in [2.45, 2.75) is 26.3 Å². The van der Waals surface area contributed by atoms with Gasteiger partial charge in [0.1, 0.15) is 0 Å². The normalized spacial score (nSPS) is 12.2. The summed E-state index contributed by atoms with van der Waals surface area (Å²) in [6.07, 6.45) is 0.868. The molecule has 0 aliphatic carbocycles. The predicted octanol–water partition coefficient (Wildman–Crippen LogP) is 4.82. The smallest absolute Gasteiger partial charge is 0.291 e. The van der Waals surface area contributed by atoms with Crippen LogP contribution in [0.15, 0.2) is 48.5 Å². The molecule has 0 radical (unpaired) electrons. The summed E-state index contributed by atoms with van der Waals surface area (Å²) >= 11 is 6.37. The van der Waals surface area contributed by atoms with E-state index < -0.39 is 0 Å². The zero-order chi connectivity index (χ0) is 18.0. The van der Waals surface area contributed by atoms with Gasteiger partial charge < -0.3 is 4.90 Å². The van der Waals surface area contributed by atoms with Crippen molar-refractivity contribution >= 4 is 28.4 Å². The topological polar surface area (TPSA) is 46.1 Å². The van der Waals surface area contributed by atoms with Crippen LogP contribution in [-0.2, 0) is 0 Å². The van der Waals surface area contributed by atoms with Crippen molar-refractivity contribution in [2.24, 2.45) is 0 Å². The Morgan fingerprint density at radius 3 is 2.52 bits per heavy atom. The number of nitrogens with zero attached hydrogens (tertiary/aromatic N) is 3. The molecule has 0 saturated heterocycles. The number of benzene rings is 2. The van der Waals surface area contributed by atoms with E-state index in [4.69, 9.17) is 11.6 Å². The molecule has 1 heterocycles. The number of hydrogen-bond acceptors (Lipinski definition) is 3. The van der Waals surface area contributed by atoms with Crippen LogP contribution in [0, 0.1) is 0 Å². The number of rotatable bonds is 4. The summed E-state index contributed by atoms with van der Waals surface area (Å²) in [5.41, 5.74) is 2.20. The Balaban J connectivity index is 2.20. The molecule has 3 aromatic rings. The summed E-state index contributed by atoms with van der Waals surface area (Å²) < 4.78 is 0. The Hall–Kier alpha value is -2.46. The van der Waals surface area contributed by atoms with Crippen molar-refractivity contribution < 1.29 is 4.79 Å². The molecule has 25 heavy (non-hydrogen) atoms. The van der Waals surface area contributed by atoms with Crippen LogP contribution in [0.5, 0.6) is 0 Å². The second-order valence-corrected chi connectivity index (χ2v) is 6.47. The number of halogens is 1. The van der Waals surface area contributed by atoms with Gasteiger partial charge in [0.25, 0.3) is 5.91 Å². The summed E-state index contributed by atoms with van der Waals surface area (Å²) in [5, 5.41) is 1.47. The Morgan fingerprint density at radius 2 is 1.80 bits per heavy atom. The van der Waals surface area contributed by atoms with Gasteiger partial charge in [-0.25, -0.2) is 9.97 Å². The lowest BCUT2D eigenvalue weighted by molar-refractivity contribution is 0.0728. The fraction of sp³-hybridized carbons (Fsp3) is 0.250. The Morgan fingerprint density at radius 1 is 1.12 bits per heavy atom. The van der Waals surface area contributed by atoms with E-state index in [2.05, 4.69) is 9.97 Å². The maximum Gasteiger partial charge on any atom is 0.291 e. The molecular weight excluding hydrogens is 334 g/mol. The summed E-state index contributed by atoms with van der Waals surface area (Å²) in [7, 11) is 1.78. The van der Waals surface area contributed by atoms with Gasteiger partial charge in [0.2, 0.25) is 5.82 Å². The minimum absolute atomic E-state index is 0.117. The number of fused-ring (bicyclic) bond motifs is 1. The first-order valence-corrected chi connectivity index (χ1v) is 8.69. The van der Waals surface area contributed by atoms with Crippen LogP contribution in [0.3, 0.4) is 0 Å². The molecule has 1 aromatic heterocycles. The highest BCUT2D eigenvalue weighted by atomic mass is 35.5. The van der Waals surface area contributed by atoms with Crippen LogP contribution >= 0.6 is 11.6 Å². The van der Waals surface area contributed by atoms with Crippen LogP contribution in [0.2, 0.25) is 5.02 Å². The summed E-state index contributed by atoms with van der Waals surface area (Å²) in [4.78, 5) is 23.6. The molecule has 0 spiro atoms. The number of hydrogen-bond donors (Lipinski definition) is 0. The maximum absolute atomic E-state index is 12.8. The fourth-order valence-electron chi connectivity index (χ4n) is 2.66. The number of carbonyl (C=O) groups is 1. The van der Waals surface area contributed by atoms with E-state index in [0.717, 1.165) is 22.9 Å². The Kier molecular flexibility index (Phi) is 5.00. The van der Waals surface area contributed by atoms with Gasteiger partial charge in [0, 0.05) is 29.1 Å². The van der Waals surface area contributed by atoms with Gasteiger partial charge in [0.15, 0.2) is 0 Å². The lowest BCUT2D eigenvalue weighted by atomic mass is 10.1. The van der Waals surface area contributed by atoms with Gasteiger partial charge in [-0.3, -0.25) is 4.79 Å². The molecule has 0 fully saturated rings. The first-order valence-electron chi connectivity index (χ1n) is 8.31. The lowest BCUT2D eigenvalue weighted by Crippen LogP contribution is -2.35. The van der Waals surface area contributed by atoms with E-state index in [0.29, 0.717) is 10.7 Å². The first-order chi connectivity index (χ1) is 12.0. The van der Waals surface area contributed by atoms with Gasteiger partial charge in [-0.1, -0.05) is 54.9 Å². The summed E-state index contributed by atoms with van der Waals surface area (Å²) in [5.74, 6) is 0.00447. The van der Waals surface area contributed by atoms with Crippen LogP contribution in [0.25, 0.3) is 22.2 Å². The highest BCUT2D eigenvalue weighted by molar-refractivity contribution is 6.33. The number of aromatic nitrogens is 2. The second-order valence-electron chi connectivity index (χ2n) is 6.07. The van der Waals surface area contributed by atoms with Crippen molar-refractivity contribution in [3.63, 3.8) is 0 Å². The molecule has 1 amide bonds. The monoisotopic (exact) mass is 353 g/mol. The molecule has 0 N–H and O–H groups in total. The first kappa shape index (κ1) is 17.4. The van der Waals surface area contributed by atoms with E-state index in [9.17, 15) is 4.79 Å². The van der Waals surface area contributed by atoms with Gasteiger partial charge in [-0.05, 0) is 25.5 Å². The summed E-state index contributed by atoms with van der Waals surface area (Å²) in [6.45, 7) is 4.05. The van der Waals surface area contributed by atoms with Crippen LogP contribution in [0.4, 0.5) is 0 Å². The average Bonchev–Trinajstić information content (AvgIpc) is 2.65. The highest BCUT2D eigenvalue weighted by Crippen LogP contribution is 2.31. The van der Waals surface area contributed by atoms with E-state index >= 15 is 0 Å². The molecule has 1 unspecified atom stereocenters. The van der Waals surface area contributed by atoms with Gasteiger partial charge in [0.05, 0.1) is 11.2 Å². The molecule has 2 aromatic carbocycles. The Labute approximate surface area is 152 Å². The zero-order valence-electron chi connectivity index (χ0n) is 14.5. The van der Waals surface area contributed by atoms with E-state index in [1.54, 1.807) is 11.9 Å². The maximum atomic E-state index is 12.8. The van der Waals surface area contributed by atoms with Crippen molar-refractivity contribution in [3.05, 3.63) is 59.4 Å². The van der Waals surface area contributed by atoms with Crippen molar-refractivity contribution in [2.75, 3.05) is 7.05 Å². The zero-order valence-corrected chi connectivity index (χ0v) is 15.3. The SMILES string of the molecule is CCC(C)N(C)C(=O)c1nc(-c2ccccc2Cl)c2ccccc2n1. The molecule has 128 valence electrons. The Bertz CT molecular complexity index is 926. The van der Waals surface area contributed by atoms with Crippen LogP contribution < -0.4 is 0 Å². The van der Waals surface area contributed by atoms with Crippen molar-refractivity contribution in [1.29, 1.82) is 0 Å². The van der Waals surface area contributed by atoms with Crippen LogP contribution in [0.1, 0.15) is 30.9 Å². The third-order valence-corrected chi connectivity index (χ3v) is 4.83. The van der Waals surface area contributed by atoms with E-state index in [-0.39, 0.29) is 17.8 Å². The number of carbonyl (C=O) groups excluding carboxylic acids is 1. The van der Waals surface area contributed by atoms with E-state index in [1.807, 2.05) is 62.4 Å². The van der Waals surface area contributed by atoms with Crippen molar-refractivity contribution in [3.8, 4) is 11.3 Å². The van der Waals surface area contributed by atoms with Crippen molar-refractivity contribution in [1.82, 2.24) is 14.9 Å². The van der Waals surface area contributed by atoms with Gasteiger partial charge >= 0.3 is 0 Å². The molecule has 5 heteroatoms. The number of amides is 1. The molecule has 0 saturated carbocycles. The van der Waals surface area contributed by atoms with Gasteiger partial charge in [-0.2, -0.15) is 0 Å². The molecule has 1 atom stereocenters. The van der Waals surface area contributed by atoms with Gasteiger partial charge in [-0.15, -0.1) is 0 Å². The third-order valence-electron chi connectivity index (χ3n) is 4.50. The number of para-hydroxylation sites is 1. The standard InChI is InChI=1S/C20H20ClN3O/c1-4-13(2)24(3)20(25)19-22-17-12-8-6-10-15(17)18(23-19)14-9-5-7-11-16(14)21/h5-13H,4H2,1-3H3. The highest BCUT2D eigenvalue weighted by Gasteiger charge is 2.21. The predicted molar refractivity (Wildman–Crippen MR) is 102 cm³/mol. The second kappa shape index (κ2) is 7.19. The fourth-order valence-corrected chi connectivity index (χ4v) is 2.89. The minimum Gasteiger partial charge on any atom is -0.336 e. The molecular formula is C20H20ClN3O. The molecule has 0 aliphatic rings. The molecule has 0 aliphatic heterocycles. The quantitative estimate of drug-likeness (QED) is 0.675. The third kappa shape index (κ3) is 3.35. The van der Waals surface area contributed by atoms with E-state index in [1.165, 1.54) is 0 Å². The molecule has 4 nitrogen and oxygen atoms in total. The summed E-state index contributed by atoms with van der Waals surface area (Å²) in [6, 6.07) is 15.3.